The average Bonchev–Trinajstić information content (AvgIpc) is 2.72. The maximum atomic E-state index is 6.09. The number of aromatic nitrogens is 1. The van der Waals surface area contributed by atoms with Crippen LogP contribution in [0.25, 0.3) is 5.57 Å². The highest BCUT2D eigenvalue weighted by Gasteiger charge is 2.51. The van der Waals surface area contributed by atoms with E-state index in [0.717, 1.165) is 30.4 Å². The Hall–Kier alpha value is -1.13. The van der Waals surface area contributed by atoms with Gasteiger partial charge in [-0.3, -0.25) is 4.98 Å². The summed E-state index contributed by atoms with van der Waals surface area (Å²) in [6.45, 7) is 12.7. The second kappa shape index (κ2) is 7.19. The number of pyridine rings is 1. The Labute approximate surface area is 141 Å². The smallest absolute Gasteiger partial charge is 0.399 e. The van der Waals surface area contributed by atoms with Crippen LogP contribution in [-0.4, -0.2) is 23.3 Å². The van der Waals surface area contributed by atoms with Crippen LogP contribution in [0.1, 0.15) is 72.9 Å². The second-order valence-corrected chi connectivity index (χ2v) is 7.33. The van der Waals surface area contributed by atoms with Gasteiger partial charge in [0.05, 0.1) is 16.9 Å². The number of rotatable bonds is 6. The van der Waals surface area contributed by atoms with Gasteiger partial charge in [0.25, 0.3) is 0 Å². The SMILES string of the molecule is CCCC=C(CCC)c1ccc(B2OC(C)(C)C(C)(C)O2)cn1. The zero-order valence-corrected chi connectivity index (χ0v) is 15.5. The molecule has 4 heteroatoms. The van der Waals surface area contributed by atoms with E-state index in [0.29, 0.717) is 0 Å². The van der Waals surface area contributed by atoms with Crippen molar-refractivity contribution in [2.24, 2.45) is 0 Å². The minimum Gasteiger partial charge on any atom is -0.399 e. The summed E-state index contributed by atoms with van der Waals surface area (Å²) in [7, 11) is -0.337. The predicted molar refractivity (Wildman–Crippen MR) is 97.7 cm³/mol. The first-order chi connectivity index (χ1) is 10.8. The molecule has 0 atom stereocenters. The summed E-state index contributed by atoms with van der Waals surface area (Å²) in [5.74, 6) is 0. The Morgan fingerprint density at radius 2 is 1.74 bits per heavy atom. The third-order valence-electron chi connectivity index (χ3n) is 4.84. The van der Waals surface area contributed by atoms with Crippen molar-refractivity contribution in [1.29, 1.82) is 0 Å². The molecule has 3 nitrogen and oxygen atoms in total. The number of hydrogen-bond acceptors (Lipinski definition) is 3. The lowest BCUT2D eigenvalue weighted by molar-refractivity contribution is 0.00578. The monoisotopic (exact) mass is 315 g/mol. The molecule has 2 rings (SSSR count). The van der Waals surface area contributed by atoms with Gasteiger partial charge < -0.3 is 9.31 Å². The molecule has 126 valence electrons. The third-order valence-corrected chi connectivity index (χ3v) is 4.84. The highest BCUT2D eigenvalue weighted by atomic mass is 16.7. The number of allylic oxidation sites excluding steroid dienone is 2. The Bertz CT molecular complexity index is 533. The van der Waals surface area contributed by atoms with E-state index in [1.807, 2.05) is 6.20 Å². The molecular formula is C19H30BNO2. The Balaban J connectivity index is 2.17. The maximum absolute atomic E-state index is 6.09. The molecule has 0 radical (unpaired) electrons. The standard InChI is InChI=1S/C19H30BNO2/c1-7-9-11-15(10-8-2)17-13-12-16(14-21-17)20-22-18(3,4)19(5,6)23-20/h11-14H,7-10H2,1-6H3. The van der Waals surface area contributed by atoms with Gasteiger partial charge in [-0.1, -0.05) is 38.8 Å². The fourth-order valence-electron chi connectivity index (χ4n) is 2.64. The fourth-order valence-corrected chi connectivity index (χ4v) is 2.64. The van der Waals surface area contributed by atoms with Crippen molar-refractivity contribution in [3.63, 3.8) is 0 Å². The molecule has 0 aliphatic carbocycles. The summed E-state index contributed by atoms with van der Waals surface area (Å²) in [4.78, 5) is 4.66. The van der Waals surface area contributed by atoms with Crippen LogP contribution in [0.5, 0.6) is 0 Å². The third kappa shape index (κ3) is 4.05. The highest BCUT2D eigenvalue weighted by Crippen LogP contribution is 2.36. The molecule has 0 aromatic carbocycles. The van der Waals surface area contributed by atoms with Gasteiger partial charge in [-0.15, -0.1) is 0 Å². The van der Waals surface area contributed by atoms with Crippen molar-refractivity contribution in [2.75, 3.05) is 0 Å². The summed E-state index contributed by atoms with van der Waals surface area (Å²) < 4.78 is 12.2. The first-order valence-electron chi connectivity index (χ1n) is 8.81. The van der Waals surface area contributed by atoms with Crippen molar-refractivity contribution >= 4 is 18.2 Å². The Kier molecular flexibility index (Phi) is 5.69. The molecular weight excluding hydrogens is 285 g/mol. The molecule has 0 N–H and O–H groups in total. The van der Waals surface area contributed by atoms with E-state index in [4.69, 9.17) is 9.31 Å². The second-order valence-electron chi connectivity index (χ2n) is 7.33. The van der Waals surface area contributed by atoms with Crippen molar-refractivity contribution in [2.45, 2.75) is 78.4 Å². The summed E-state index contributed by atoms with van der Waals surface area (Å²) in [6, 6.07) is 4.18. The van der Waals surface area contributed by atoms with Crippen LogP contribution in [0, 0.1) is 0 Å². The minimum atomic E-state index is -0.337. The molecule has 1 saturated heterocycles. The molecule has 1 aromatic rings. The molecule has 1 aliphatic heterocycles. The normalized spacial score (nSPS) is 20.1. The lowest BCUT2D eigenvalue weighted by Crippen LogP contribution is -2.41. The molecule has 0 bridgehead atoms. The number of unbranched alkanes of at least 4 members (excludes halogenated alkanes) is 1. The van der Waals surface area contributed by atoms with E-state index in [2.05, 4.69) is 64.7 Å². The van der Waals surface area contributed by atoms with Crippen molar-refractivity contribution < 1.29 is 9.31 Å². The highest BCUT2D eigenvalue weighted by molar-refractivity contribution is 6.62. The molecule has 0 unspecified atom stereocenters. The van der Waals surface area contributed by atoms with Crippen LogP contribution in [0.2, 0.25) is 0 Å². The number of hydrogen-bond donors (Lipinski definition) is 0. The largest absolute Gasteiger partial charge is 0.496 e. The van der Waals surface area contributed by atoms with E-state index in [1.54, 1.807) is 0 Å². The predicted octanol–water partition coefficient (Wildman–Crippen LogP) is 4.36. The van der Waals surface area contributed by atoms with Crippen LogP contribution in [0.3, 0.4) is 0 Å². The van der Waals surface area contributed by atoms with E-state index in [1.165, 1.54) is 12.0 Å². The van der Waals surface area contributed by atoms with Gasteiger partial charge in [0.2, 0.25) is 0 Å². The molecule has 0 amide bonds. The molecule has 0 saturated carbocycles. The van der Waals surface area contributed by atoms with Gasteiger partial charge in [-0.25, -0.2) is 0 Å². The van der Waals surface area contributed by atoms with Crippen LogP contribution in [-0.2, 0) is 9.31 Å². The minimum absolute atomic E-state index is 0.315. The molecule has 0 spiro atoms. The first-order valence-corrected chi connectivity index (χ1v) is 8.81. The zero-order valence-electron chi connectivity index (χ0n) is 15.5. The molecule has 1 aromatic heterocycles. The van der Waals surface area contributed by atoms with Gasteiger partial charge in [-0.05, 0) is 52.2 Å². The maximum Gasteiger partial charge on any atom is 0.496 e. The lowest BCUT2D eigenvalue weighted by atomic mass is 9.80. The van der Waals surface area contributed by atoms with Gasteiger partial charge >= 0.3 is 7.12 Å². The van der Waals surface area contributed by atoms with Crippen LogP contribution < -0.4 is 5.46 Å². The van der Waals surface area contributed by atoms with Crippen LogP contribution in [0.4, 0.5) is 0 Å². The van der Waals surface area contributed by atoms with E-state index >= 15 is 0 Å². The molecule has 1 aliphatic rings. The topological polar surface area (TPSA) is 31.4 Å². The summed E-state index contributed by atoms with van der Waals surface area (Å²) in [5, 5.41) is 0. The molecule has 1 fully saturated rings. The summed E-state index contributed by atoms with van der Waals surface area (Å²) in [6.07, 6.45) is 8.70. The van der Waals surface area contributed by atoms with Gasteiger partial charge in [0, 0.05) is 11.7 Å². The molecule has 2 heterocycles. The summed E-state index contributed by atoms with van der Waals surface area (Å²) >= 11 is 0. The van der Waals surface area contributed by atoms with Gasteiger partial charge in [-0.2, -0.15) is 0 Å². The van der Waals surface area contributed by atoms with E-state index in [-0.39, 0.29) is 18.3 Å². The van der Waals surface area contributed by atoms with Crippen molar-refractivity contribution in [3.8, 4) is 0 Å². The Morgan fingerprint density at radius 3 is 2.22 bits per heavy atom. The lowest BCUT2D eigenvalue weighted by Gasteiger charge is -2.32. The van der Waals surface area contributed by atoms with Crippen LogP contribution >= 0.6 is 0 Å². The quantitative estimate of drug-likeness (QED) is 0.731. The van der Waals surface area contributed by atoms with Crippen molar-refractivity contribution in [3.05, 3.63) is 30.1 Å². The first kappa shape index (κ1) is 18.2. The van der Waals surface area contributed by atoms with Gasteiger partial charge in [0.15, 0.2) is 0 Å². The zero-order chi connectivity index (χ0) is 17.1. The Morgan fingerprint density at radius 1 is 1.09 bits per heavy atom. The van der Waals surface area contributed by atoms with E-state index in [9.17, 15) is 0 Å². The van der Waals surface area contributed by atoms with E-state index < -0.39 is 0 Å². The average molecular weight is 315 g/mol. The summed E-state index contributed by atoms with van der Waals surface area (Å²) in [5.41, 5.74) is 2.77. The van der Waals surface area contributed by atoms with Gasteiger partial charge in [0.1, 0.15) is 0 Å². The van der Waals surface area contributed by atoms with Crippen molar-refractivity contribution in [1.82, 2.24) is 4.98 Å². The molecule has 23 heavy (non-hydrogen) atoms. The van der Waals surface area contributed by atoms with Crippen LogP contribution in [0.15, 0.2) is 24.4 Å². The number of nitrogens with zero attached hydrogens (tertiary/aromatic N) is 1. The fraction of sp³-hybridized carbons (Fsp3) is 0.632.